The van der Waals surface area contributed by atoms with Crippen LogP contribution in [0, 0.1) is 0 Å². The van der Waals surface area contributed by atoms with E-state index < -0.39 is 5.91 Å². The SMILES string of the molecule is CN(C)c1ccc(C(=Cc2ccc(C=CC(=O)NO)cc2)C(=O)NC2CC2)cc1. The summed E-state index contributed by atoms with van der Waals surface area (Å²) in [5, 5.41) is 11.6. The topological polar surface area (TPSA) is 81.7 Å². The second kappa shape index (κ2) is 9.21. The Morgan fingerprint density at radius 3 is 2.17 bits per heavy atom. The van der Waals surface area contributed by atoms with Crippen LogP contribution < -0.4 is 15.7 Å². The zero-order valence-electron chi connectivity index (χ0n) is 16.6. The number of hydroxylamine groups is 1. The molecule has 0 heterocycles. The molecule has 3 N–H and O–H groups in total. The van der Waals surface area contributed by atoms with E-state index in [-0.39, 0.29) is 11.9 Å². The summed E-state index contributed by atoms with van der Waals surface area (Å²) in [6.45, 7) is 0. The van der Waals surface area contributed by atoms with Gasteiger partial charge in [0.15, 0.2) is 0 Å². The van der Waals surface area contributed by atoms with Gasteiger partial charge in [-0.1, -0.05) is 36.4 Å². The summed E-state index contributed by atoms with van der Waals surface area (Å²) < 4.78 is 0. The van der Waals surface area contributed by atoms with E-state index in [1.54, 1.807) is 11.6 Å². The van der Waals surface area contributed by atoms with Crippen molar-refractivity contribution in [2.24, 2.45) is 0 Å². The van der Waals surface area contributed by atoms with Crippen molar-refractivity contribution in [3.8, 4) is 0 Å². The Hall–Kier alpha value is -3.38. The van der Waals surface area contributed by atoms with Gasteiger partial charge in [0, 0.05) is 37.5 Å². The Morgan fingerprint density at radius 1 is 1.00 bits per heavy atom. The van der Waals surface area contributed by atoms with Crippen molar-refractivity contribution in [3.63, 3.8) is 0 Å². The molecule has 0 unspecified atom stereocenters. The first kappa shape index (κ1) is 20.4. The number of hydrogen-bond acceptors (Lipinski definition) is 4. The normalized spacial score (nSPS) is 14.0. The molecule has 0 bridgehead atoms. The fraction of sp³-hybridized carbons (Fsp3) is 0.217. The second-order valence-electron chi connectivity index (χ2n) is 7.22. The lowest BCUT2D eigenvalue weighted by atomic mass is 10.0. The van der Waals surface area contributed by atoms with Crippen LogP contribution in [0.15, 0.2) is 54.6 Å². The number of nitrogens with one attached hydrogen (secondary N) is 2. The van der Waals surface area contributed by atoms with E-state index in [0.717, 1.165) is 35.2 Å². The van der Waals surface area contributed by atoms with Gasteiger partial charge in [-0.2, -0.15) is 0 Å². The minimum Gasteiger partial charge on any atom is -0.378 e. The lowest BCUT2D eigenvalue weighted by molar-refractivity contribution is -0.124. The molecule has 1 aliphatic carbocycles. The van der Waals surface area contributed by atoms with Gasteiger partial charge in [-0.15, -0.1) is 0 Å². The number of rotatable bonds is 7. The van der Waals surface area contributed by atoms with Gasteiger partial charge < -0.3 is 10.2 Å². The monoisotopic (exact) mass is 391 g/mol. The summed E-state index contributed by atoms with van der Waals surface area (Å²) in [5.74, 6) is -0.664. The maximum Gasteiger partial charge on any atom is 0.267 e. The van der Waals surface area contributed by atoms with Crippen LogP contribution in [0.25, 0.3) is 17.7 Å². The first-order chi connectivity index (χ1) is 14.0. The van der Waals surface area contributed by atoms with Gasteiger partial charge in [0.1, 0.15) is 0 Å². The third-order valence-electron chi connectivity index (χ3n) is 4.64. The first-order valence-corrected chi connectivity index (χ1v) is 9.49. The van der Waals surface area contributed by atoms with Crippen LogP contribution in [0.1, 0.15) is 29.5 Å². The number of anilines is 1. The molecule has 0 aromatic heterocycles. The van der Waals surface area contributed by atoms with E-state index in [0.29, 0.717) is 5.57 Å². The van der Waals surface area contributed by atoms with Gasteiger partial charge in [0.05, 0.1) is 0 Å². The van der Waals surface area contributed by atoms with Crippen LogP contribution in [0.3, 0.4) is 0 Å². The Bertz CT molecular complexity index is 925. The Morgan fingerprint density at radius 2 is 1.62 bits per heavy atom. The molecule has 6 nitrogen and oxygen atoms in total. The molecule has 29 heavy (non-hydrogen) atoms. The molecule has 3 rings (SSSR count). The van der Waals surface area contributed by atoms with E-state index in [2.05, 4.69) is 5.32 Å². The fourth-order valence-electron chi connectivity index (χ4n) is 2.79. The van der Waals surface area contributed by atoms with Crippen molar-refractivity contribution in [2.45, 2.75) is 18.9 Å². The molecular weight excluding hydrogens is 366 g/mol. The molecule has 0 saturated heterocycles. The number of nitrogens with zero attached hydrogens (tertiary/aromatic N) is 1. The van der Waals surface area contributed by atoms with Crippen molar-refractivity contribution in [1.29, 1.82) is 0 Å². The number of hydrogen-bond donors (Lipinski definition) is 3. The van der Waals surface area contributed by atoms with E-state index in [9.17, 15) is 9.59 Å². The summed E-state index contributed by atoms with van der Waals surface area (Å²) >= 11 is 0. The largest absolute Gasteiger partial charge is 0.378 e. The molecule has 0 atom stereocenters. The predicted molar refractivity (Wildman–Crippen MR) is 115 cm³/mol. The molecule has 0 radical (unpaired) electrons. The fourth-order valence-corrected chi connectivity index (χ4v) is 2.79. The summed E-state index contributed by atoms with van der Waals surface area (Å²) in [7, 11) is 3.96. The van der Waals surface area contributed by atoms with E-state index in [1.165, 1.54) is 6.08 Å². The highest BCUT2D eigenvalue weighted by Crippen LogP contribution is 2.25. The molecule has 2 aromatic carbocycles. The molecule has 150 valence electrons. The van der Waals surface area contributed by atoms with Gasteiger partial charge in [-0.05, 0) is 53.8 Å². The Balaban J connectivity index is 1.86. The Labute approximate surface area is 170 Å². The third-order valence-corrected chi connectivity index (χ3v) is 4.64. The quantitative estimate of drug-likeness (QED) is 0.293. The average molecular weight is 391 g/mol. The van der Waals surface area contributed by atoms with E-state index >= 15 is 0 Å². The second-order valence-corrected chi connectivity index (χ2v) is 7.22. The maximum absolute atomic E-state index is 12.8. The first-order valence-electron chi connectivity index (χ1n) is 9.49. The number of amides is 2. The van der Waals surface area contributed by atoms with Crippen LogP contribution in [0.5, 0.6) is 0 Å². The Kier molecular flexibility index (Phi) is 6.46. The zero-order chi connectivity index (χ0) is 20.8. The third kappa shape index (κ3) is 5.80. The van der Waals surface area contributed by atoms with Crippen molar-refractivity contribution in [1.82, 2.24) is 10.8 Å². The van der Waals surface area contributed by atoms with Crippen LogP contribution >= 0.6 is 0 Å². The lowest BCUT2D eigenvalue weighted by Crippen LogP contribution is -2.26. The van der Waals surface area contributed by atoms with Gasteiger partial charge in [0.25, 0.3) is 11.8 Å². The standard InChI is InChI=1S/C23H25N3O3/c1-26(2)20-12-8-18(9-13-20)21(23(28)24-19-10-11-19)15-17-5-3-16(4-6-17)7-14-22(27)25-29/h3-9,12-15,19,29H,10-11H2,1-2H3,(H,24,28)(H,25,27). The minimum atomic E-state index is -0.589. The number of carbonyl (C=O) groups is 2. The highest BCUT2D eigenvalue weighted by atomic mass is 16.5. The number of carbonyl (C=O) groups excluding carboxylic acids is 2. The van der Waals surface area contributed by atoms with Gasteiger partial charge in [-0.3, -0.25) is 14.8 Å². The molecule has 1 fully saturated rings. The molecule has 1 saturated carbocycles. The minimum absolute atomic E-state index is 0.0753. The molecule has 1 aliphatic rings. The van der Waals surface area contributed by atoms with Gasteiger partial charge >= 0.3 is 0 Å². The molecule has 2 amide bonds. The van der Waals surface area contributed by atoms with Crippen LogP contribution in [0.2, 0.25) is 0 Å². The average Bonchev–Trinajstić information content (AvgIpc) is 3.55. The van der Waals surface area contributed by atoms with Gasteiger partial charge in [0.2, 0.25) is 0 Å². The van der Waals surface area contributed by atoms with Crippen molar-refractivity contribution in [2.75, 3.05) is 19.0 Å². The summed E-state index contributed by atoms with van der Waals surface area (Å²) in [6.07, 6.45) is 6.77. The van der Waals surface area contributed by atoms with Crippen LogP contribution in [0.4, 0.5) is 5.69 Å². The number of benzene rings is 2. The maximum atomic E-state index is 12.8. The van der Waals surface area contributed by atoms with Crippen molar-refractivity contribution >= 4 is 35.2 Å². The smallest absolute Gasteiger partial charge is 0.267 e. The molecule has 6 heteroatoms. The van der Waals surface area contributed by atoms with Crippen LogP contribution in [-0.2, 0) is 9.59 Å². The summed E-state index contributed by atoms with van der Waals surface area (Å²) in [4.78, 5) is 25.9. The lowest BCUT2D eigenvalue weighted by Gasteiger charge is -2.14. The molecule has 0 spiro atoms. The predicted octanol–water partition coefficient (Wildman–Crippen LogP) is 3.09. The summed E-state index contributed by atoms with van der Waals surface area (Å²) in [5.41, 5.74) is 5.79. The van der Waals surface area contributed by atoms with Crippen LogP contribution in [-0.4, -0.2) is 37.2 Å². The van der Waals surface area contributed by atoms with E-state index in [4.69, 9.17) is 5.21 Å². The molecule has 2 aromatic rings. The highest BCUT2D eigenvalue weighted by molar-refractivity contribution is 6.24. The molecule has 0 aliphatic heterocycles. The van der Waals surface area contributed by atoms with E-state index in [1.807, 2.05) is 73.6 Å². The summed E-state index contributed by atoms with van der Waals surface area (Å²) in [6, 6.07) is 15.6. The van der Waals surface area contributed by atoms with Crippen molar-refractivity contribution in [3.05, 3.63) is 71.3 Å². The van der Waals surface area contributed by atoms with Crippen molar-refractivity contribution < 1.29 is 14.8 Å². The highest BCUT2D eigenvalue weighted by Gasteiger charge is 2.25. The molecular formula is C23H25N3O3. The van der Waals surface area contributed by atoms with Gasteiger partial charge in [-0.25, -0.2) is 5.48 Å². The zero-order valence-corrected chi connectivity index (χ0v) is 16.6.